The maximum Gasteiger partial charge on any atom is 0.337 e. The van der Waals surface area contributed by atoms with E-state index in [1.54, 1.807) is 12.1 Å². The minimum absolute atomic E-state index is 0.0777. The van der Waals surface area contributed by atoms with Gasteiger partial charge in [-0.25, -0.2) is 9.78 Å². The summed E-state index contributed by atoms with van der Waals surface area (Å²) >= 11 is 0. The fourth-order valence-corrected chi connectivity index (χ4v) is 3.18. The lowest BCUT2D eigenvalue weighted by molar-refractivity contribution is 0.0698. The van der Waals surface area contributed by atoms with Crippen molar-refractivity contribution in [1.29, 1.82) is 0 Å². The number of hydrogen-bond acceptors (Lipinski definition) is 2. The molecule has 0 bridgehead atoms. The number of benzene rings is 1. The second kappa shape index (κ2) is 4.33. The molecule has 20 heavy (non-hydrogen) atoms. The Morgan fingerprint density at radius 3 is 2.70 bits per heavy atom. The van der Waals surface area contributed by atoms with Crippen LogP contribution in [0.15, 0.2) is 18.2 Å². The lowest BCUT2D eigenvalue weighted by Crippen LogP contribution is -2.31. The molecular formula is C16H20N2O2. The summed E-state index contributed by atoms with van der Waals surface area (Å²) in [6.45, 7) is 6.47. The Hall–Kier alpha value is -1.84. The fraction of sp³-hybridized carbons (Fsp3) is 0.500. The molecule has 0 unspecified atom stereocenters. The molecule has 106 valence electrons. The second-order valence-electron chi connectivity index (χ2n) is 6.12. The van der Waals surface area contributed by atoms with E-state index in [9.17, 15) is 9.90 Å². The predicted octanol–water partition coefficient (Wildman–Crippen LogP) is 3.44. The quantitative estimate of drug-likeness (QED) is 0.927. The van der Waals surface area contributed by atoms with E-state index in [2.05, 4.69) is 30.3 Å². The van der Waals surface area contributed by atoms with E-state index in [1.807, 2.05) is 6.07 Å². The molecular weight excluding hydrogens is 252 g/mol. The third-order valence-corrected chi connectivity index (χ3v) is 4.45. The van der Waals surface area contributed by atoms with Gasteiger partial charge in [-0.2, -0.15) is 0 Å². The summed E-state index contributed by atoms with van der Waals surface area (Å²) in [5.74, 6) is 0.712. The van der Waals surface area contributed by atoms with E-state index in [0.29, 0.717) is 11.5 Å². The summed E-state index contributed by atoms with van der Waals surface area (Å²) < 4.78 is 2.17. The highest BCUT2D eigenvalue weighted by Gasteiger charge is 2.41. The molecule has 3 rings (SSSR count). The molecule has 0 saturated heterocycles. The largest absolute Gasteiger partial charge is 0.478 e. The number of aryl methyl sites for hydroxylation is 1. The molecule has 4 heteroatoms. The van der Waals surface area contributed by atoms with Gasteiger partial charge in [-0.05, 0) is 44.7 Å². The summed E-state index contributed by atoms with van der Waals surface area (Å²) in [4.78, 5) is 16.2. The van der Waals surface area contributed by atoms with Crippen LogP contribution < -0.4 is 0 Å². The molecule has 0 spiro atoms. The first-order chi connectivity index (χ1) is 9.46. The first-order valence-electron chi connectivity index (χ1n) is 7.21. The van der Waals surface area contributed by atoms with E-state index >= 15 is 0 Å². The Morgan fingerprint density at radius 2 is 2.15 bits per heavy atom. The summed E-state index contributed by atoms with van der Waals surface area (Å²) in [7, 11) is 0. The average Bonchev–Trinajstić information content (AvgIpc) is 3.18. The number of fused-ring (bicyclic) bond motifs is 1. The first kappa shape index (κ1) is 13.2. The maximum atomic E-state index is 11.5. The van der Waals surface area contributed by atoms with Gasteiger partial charge in [0.05, 0.1) is 16.6 Å². The SMILES string of the molecule is CCc1nc2cccc(C(=O)O)c2n1C(C)(C)C1CC1. The zero-order valence-corrected chi connectivity index (χ0v) is 12.2. The third kappa shape index (κ3) is 1.82. The Labute approximate surface area is 118 Å². The molecule has 0 atom stereocenters. The summed E-state index contributed by atoms with van der Waals surface area (Å²) in [5, 5.41) is 9.47. The fourth-order valence-electron chi connectivity index (χ4n) is 3.18. The topological polar surface area (TPSA) is 55.1 Å². The Kier molecular flexibility index (Phi) is 2.85. The van der Waals surface area contributed by atoms with Crippen LogP contribution in [0.3, 0.4) is 0 Å². The van der Waals surface area contributed by atoms with Crippen LogP contribution in [0, 0.1) is 5.92 Å². The normalized spacial score (nSPS) is 15.8. The molecule has 0 radical (unpaired) electrons. The molecule has 1 aliphatic carbocycles. The van der Waals surface area contributed by atoms with Gasteiger partial charge in [0.15, 0.2) is 0 Å². The average molecular weight is 272 g/mol. The molecule has 0 amide bonds. The van der Waals surface area contributed by atoms with Crippen LogP contribution in [0.5, 0.6) is 0 Å². The van der Waals surface area contributed by atoms with Crippen LogP contribution in [0.25, 0.3) is 11.0 Å². The standard InChI is InChI=1S/C16H20N2O2/c1-4-13-17-12-7-5-6-11(15(19)20)14(12)18(13)16(2,3)10-8-9-10/h5-7,10H,4,8-9H2,1-3H3,(H,19,20). The number of carboxylic acids is 1. The van der Waals surface area contributed by atoms with Crippen molar-refractivity contribution in [1.82, 2.24) is 9.55 Å². The molecule has 1 N–H and O–H groups in total. The van der Waals surface area contributed by atoms with Gasteiger partial charge in [0.25, 0.3) is 0 Å². The molecule has 1 aliphatic rings. The van der Waals surface area contributed by atoms with E-state index in [-0.39, 0.29) is 5.54 Å². The van der Waals surface area contributed by atoms with Crippen molar-refractivity contribution in [3.63, 3.8) is 0 Å². The summed E-state index contributed by atoms with van der Waals surface area (Å²) in [6.07, 6.45) is 3.24. The van der Waals surface area contributed by atoms with E-state index in [4.69, 9.17) is 0 Å². The molecule has 0 aliphatic heterocycles. The van der Waals surface area contributed by atoms with Crippen LogP contribution in [0.1, 0.15) is 49.8 Å². The van der Waals surface area contributed by atoms with Gasteiger partial charge in [-0.3, -0.25) is 0 Å². The zero-order chi connectivity index (χ0) is 14.5. The van der Waals surface area contributed by atoms with Crippen molar-refractivity contribution >= 4 is 17.0 Å². The smallest absolute Gasteiger partial charge is 0.337 e. The van der Waals surface area contributed by atoms with E-state index in [1.165, 1.54) is 12.8 Å². The first-order valence-corrected chi connectivity index (χ1v) is 7.21. The summed E-state index contributed by atoms with van der Waals surface area (Å²) in [6, 6.07) is 5.35. The molecule has 2 aromatic rings. The highest BCUT2D eigenvalue weighted by molar-refractivity contribution is 6.01. The van der Waals surface area contributed by atoms with Gasteiger partial charge in [0.1, 0.15) is 5.82 Å². The van der Waals surface area contributed by atoms with Crippen molar-refractivity contribution in [2.45, 2.75) is 45.6 Å². The van der Waals surface area contributed by atoms with E-state index < -0.39 is 5.97 Å². The van der Waals surface area contributed by atoms with Crippen LogP contribution >= 0.6 is 0 Å². The van der Waals surface area contributed by atoms with E-state index in [0.717, 1.165) is 23.3 Å². The lowest BCUT2D eigenvalue weighted by atomic mass is 9.97. The van der Waals surface area contributed by atoms with Crippen molar-refractivity contribution in [2.75, 3.05) is 0 Å². The van der Waals surface area contributed by atoms with Crippen LogP contribution in [0.4, 0.5) is 0 Å². The number of para-hydroxylation sites is 1. The zero-order valence-electron chi connectivity index (χ0n) is 12.2. The third-order valence-electron chi connectivity index (χ3n) is 4.45. The van der Waals surface area contributed by atoms with Gasteiger partial charge in [-0.1, -0.05) is 13.0 Å². The molecule has 1 aromatic heterocycles. The summed E-state index contributed by atoms with van der Waals surface area (Å²) in [5.41, 5.74) is 1.83. The van der Waals surface area contributed by atoms with Crippen molar-refractivity contribution < 1.29 is 9.90 Å². The Morgan fingerprint density at radius 1 is 1.45 bits per heavy atom. The van der Waals surface area contributed by atoms with Crippen LogP contribution in [0.2, 0.25) is 0 Å². The second-order valence-corrected chi connectivity index (χ2v) is 6.12. The minimum atomic E-state index is -0.883. The number of carbonyl (C=O) groups is 1. The number of nitrogens with zero attached hydrogens (tertiary/aromatic N) is 2. The minimum Gasteiger partial charge on any atom is -0.478 e. The van der Waals surface area contributed by atoms with Crippen molar-refractivity contribution in [3.8, 4) is 0 Å². The van der Waals surface area contributed by atoms with Crippen LogP contribution in [-0.4, -0.2) is 20.6 Å². The van der Waals surface area contributed by atoms with Crippen LogP contribution in [-0.2, 0) is 12.0 Å². The molecule has 1 fully saturated rings. The monoisotopic (exact) mass is 272 g/mol. The van der Waals surface area contributed by atoms with Gasteiger partial charge in [-0.15, -0.1) is 0 Å². The highest BCUT2D eigenvalue weighted by atomic mass is 16.4. The number of hydrogen-bond donors (Lipinski definition) is 1. The Balaban J connectivity index is 2.35. The Bertz CT molecular complexity index is 681. The predicted molar refractivity (Wildman–Crippen MR) is 78.1 cm³/mol. The molecule has 1 aromatic carbocycles. The number of aromatic carboxylic acids is 1. The van der Waals surface area contributed by atoms with Gasteiger partial charge < -0.3 is 9.67 Å². The highest BCUT2D eigenvalue weighted by Crippen LogP contribution is 2.46. The van der Waals surface area contributed by atoms with Crippen molar-refractivity contribution in [2.24, 2.45) is 5.92 Å². The molecule has 1 saturated carbocycles. The van der Waals surface area contributed by atoms with Gasteiger partial charge in [0.2, 0.25) is 0 Å². The maximum absolute atomic E-state index is 11.5. The number of imidazole rings is 1. The van der Waals surface area contributed by atoms with Crippen molar-refractivity contribution in [3.05, 3.63) is 29.6 Å². The van der Waals surface area contributed by atoms with Gasteiger partial charge >= 0.3 is 5.97 Å². The van der Waals surface area contributed by atoms with Gasteiger partial charge in [0, 0.05) is 12.0 Å². The number of carboxylic acid groups (broad SMARTS) is 1. The lowest BCUT2D eigenvalue weighted by Gasteiger charge is -2.30. The number of aromatic nitrogens is 2. The number of rotatable bonds is 4. The molecule has 1 heterocycles. The molecule has 4 nitrogen and oxygen atoms in total.